The zero-order valence-corrected chi connectivity index (χ0v) is 25.6. The number of furan rings is 1. The van der Waals surface area contributed by atoms with Gasteiger partial charge in [0.25, 0.3) is 0 Å². The molecular weight excluding hydrogens is 572 g/mol. The number of hydrogen-bond donors (Lipinski definition) is 0. The average Bonchev–Trinajstić information content (AvgIpc) is 3.53. The molecule has 1 aliphatic rings. The van der Waals surface area contributed by atoms with Gasteiger partial charge in [0.05, 0.1) is 22.5 Å². The molecule has 0 saturated carbocycles. The standard InChI is InChI=1S/C44H28N2O/c1-2-11-27(12-3-1)39-31-14-4-6-16-33(31)40(34-17-7-5-15-32(34)39)28-20-22-29(23-21-28)42-36-25-24-35-30-13-8-9-19-38(30)47-44(35)41(36)43-37(46-42)18-10-26-45-43/h1-9,11-17,19-26H,10,18H2. The van der Waals surface area contributed by atoms with E-state index in [1.807, 2.05) is 18.3 Å². The van der Waals surface area contributed by atoms with Gasteiger partial charge in [-0.1, -0.05) is 127 Å². The Balaban J connectivity index is 1.20. The number of para-hydroxylation sites is 1. The number of aliphatic imine (C=N–C) groups is 1. The summed E-state index contributed by atoms with van der Waals surface area (Å²) in [6.07, 6.45) is 3.76. The van der Waals surface area contributed by atoms with Crippen LogP contribution in [0.15, 0.2) is 149 Å². The maximum absolute atomic E-state index is 6.52. The van der Waals surface area contributed by atoms with E-state index in [9.17, 15) is 0 Å². The van der Waals surface area contributed by atoms with Crippen LogP contribution in [0.25, 0.3) is 87.8 Å². The molecule has 10 rings (SSSR count). The molecule has 3 heteroatoms. The van der Waals surface area contributed by atoms with Crippen molar-refractivity contribution in [1.29, 1.82) is 0 Å². The van der Waals surface area contributed by atoms with Crippen LogP contribution in [0.1, 0.15) is 12.1 Å². The lowest BCUT2D eigenvalue weighted by Gasteiger charge is -2.18. The first kappa shape index (κ1) is 26.2. The van der Waals surface area contributed by atoms with E-state index in [1.54, 1.807) is 0 Å². The average molecular weight is 601 g/mol. The maximum atomic E-state index is 6.52. The van der Waals surface area contributed by atoms with Crippen LogP contribution in [0.2, 0.25) is 0 Å². The molecule has 0 aliphatic carbocycles. The smallest absolute Gasteiger partial charge is 0.145 e. The van der Waals surface area contributed by atoms with Crippen LogP contribution in [0.5, 0.6) is 0 Å². The number of fused-ring (bicyclic) bond motifs is 9. The quantitative estimate of drug-likeness (QED) is 0.189. The van der Waals surface area contributed by atoms with E-state index in [0.717, 1.165) is 68.2 Å². The normalized spacial score (nSPS) is 12.9. The van der Waals surface area contributed by atoms with Gasteiger partial charge in [0.15, 0.2) is 0 Å². The van der Waals surface area contributed by atoms with Crippen molar-refractivity contribution in [2.24, 2.45) is 4.99 Å². The molecule has 0 N–H and O–H groups in total. The van der Waals surface area contributed by atoms with Crippen LogP contribution < -0.4 is 0 Å². The van der Waals surface area contributed by atoms with Crippen molar-refractivity contribution in [1.82, 2.24) is 4.98 Å². The fourth-order valence-corrected chi connectivity index (χ4v) is 7.65. The lowest BCUT2D eigenvalue weighted by molar-refractivity contribution is 0.672. The number of nitrogens with zero attached hydrogens (tertiary/aromatic N) is 2. The summed E-state index contributed by atoms with van der Waals surface area (Å²) < 4.78 is 6.52. The molecule has 0 saturated heterocycles. The van der Waals surface area contributed by atoms with E-state index in [4.69, 9.17) is 14.4 Å². The molecular formula is C44H28N2O. The molecule has 9 aromatic rings. The van der Waals surface area contributed by atoms with E-state index in [2.05, 4.69) is 127 Å². The summed E-state index contributed by atoms with van der Waals surface area (Å²) in [5.74, 6) is 0. The number of benzene rings is 7. The van der Waals surface area contributed by atoms with Crippen molar-refractivity contribution in [3.8, 4) is 33.5 Å². The highest BCUT2D eigenvalue weighted by molar-refractivity contribution is 6.22. The molecule has 47 heavy (non-hydrogen) atoms. The van der Waals surface area contributed by atoms with Gasteiger partial charge in [-0.25, -0.2) is 4.98 Å². The van der Waals surface area contributed by atoms with Gasteiger partial charge in [-0.3, -0.25) is 4.99 Å². The highest BCUT2D eigenvalue weighted by Gasteiger charge is 2.22. The topological polar surface area (TPSA) is 38.4 Å². The minimum absolute atomic E-state index is 0.863. The number of rotatable bonds is 3. The molecule has 3 heterocycles. The van der Waals surface area contributed by atoms with E-state index in [0.29, 0.717) is 0 Å². The second kappa shape index (κ2) is 10.2. The van der Waals surface area contributed by atoms with Gasteiger partial charge in [0.2, 0.25) is 0 Å². The van der Waals surface area contributed by atoms with Crippen molar-refractivity contribution >= 4 is 66.2 Å². The van der Waals surface area contributed by atoms with Crippen LogP contribution in [0.3, 0.4) is 0 Å². The number of aromatic nitrogens is 1. The predicted molar refractivity (Wildman–Crippen MR) is 197 cm³/mol. The molecule has 7 aromatic carbocycles. The van der Waals surface area contributed by atoms with Crippen LogP contribution in [-0.2, 0) is 6.42 Å². The Labute approximate surface area is 271 Å². The summed E-state index contributed by atoms with van der Waals surface area (Å²) >= 11 is 0. The van der Waals surface area contributed by atoms with Gasteiger partial charge in [0, 0.05) is 27.9 Å². The SMILES string of the molecule is C1=Nc2c(nc(-c3ccc(-c4c5ccccc5c(-c5ccccc5)c5ccccc45)cc3)c3ccc4c5ccccc5oc4c23)CC1. The summed E-state index contributed by atoms with van der Waals surface area (Å²) in [5.41, 5.74) is 10.8. The molecule has 0 unspecified atom stereocenters. The zero-order valence-electron chi connectivity index (χ0n) is 25.6. The molecule has 0 amide bonds. The summed E-state index contributed by atoms with van der Waals surface area (Å²) in [5, 5.41) is 9.36. The highest BCUT2D eigenvalue weighted by atomic mass is 16.3. The summed E-state index contributed by atoms with van der Waals surface area (Å²) in [6.45, 7) is 0. The predicted octanol–water partition coefficient (Wildman–Crippen LogP) is 12.1. The second-order valence-electron chi connectivity index (χ2n) is 12.4. The summed E-state index contributed by atoms with van der Waals surface area (Å²) in [7, 11) is 0. The van der Waals surface area contributed by atoms with Gasteiger partial charge in [-0.05, 0) is 68.8 Å². The third-order valence-electron chi connectivity index (χ3n) is 9.73. The fraction of sp³-hybridized carbons (Fsp3) is 0.0455. The summed E-state index contributed by atoms with van der Waals surface area (Å²) in [6, 6.07) is 50.0. The molecule has 2 aromatic heterocycles. The summed E-state index contributed by atoms with van der Waals surface area (Å²) in [4.78, 5) is 10.1. The molecule has 3 nitrogen and oxygen atoms in total. The number of hydrogen-bond acceptors (Lipinski definition) is 3. The van der Waals surface area contributed by atoms with Gasteiger partial charge in [-0.2, -0.15) is 0 Å². The Morgan fingerprint density at radius 3 is 1.70 bits per heavy atom. The molecule has 0 fully saturated rings. The molecule has 0 spiro atoms. The molecule has 0 bridgehead atoms. The van der Waals surface area contributed by atoms with Crippen LogP contribution in [-0.4, -0.2) is 11.2 Å². The molecule has 1 aliphatic heterocycles. The van der Waals surface area contributed by atoms with E-state index in [1.165, 1.54) is 43.8 Å². The lowest BCUT2D eigenvalue weighted by atomic mass is 9.86. The van der Waals surface area contributed by atoms with Crippen molar-refractivity contribution in [2.45, 2.75) is 12.8 Å². The van der Waals surface area contributed by atoms with E-state index < -0.39 is 0 Å². The second-order valence-corrected chi connectivity index (χ2v) is 12.4. The van der Waals surface area contributed by atoms with Gasteiger partial charge in [-0.15, -0.1) is 0 Å². The van der Waals surface area contributed by atoms with Crippen LogP contribution >= 0.6 is 0 Å². The van der Waals surface area contributed by atoms with Gasteiger partial charge >= 0.3 is 0 Å². The third kappa shape index (κ3) is 3.93. The monoisotopic (exact) mass is 600 g/mol. The van der Waals surface area contributed by atoms with Crippen LogP contribution in [0, 0.1) is 0 Å². The Morgan fingerprint density at radius 1 is 0.468 bits per heavy atom. The minimum Gasteiger partial charge on any atom is -0.455 e. The van der Waals surface area contributed by atoms with Crippen LogP contribution in [0.4, 0.5) is 5.69 Å². The fourth-order valence-electron chi connectivity index (χ4n) is 7.65. The molecule has 0 radical (unpaired) electrons. The molecule has 220 valence electrons. The van der Waals surface area contributed by atoms with Gasteiger partial charge in [0.1, 0.15) is 11.2 Å². The minimum atomic E-state index is 0.863. The van der Waals surface area contributed by atoms with Crippen molar-refractivity contribution < 1.29 is 4.42 Å². The first-order chi connectivity index (χ1) is 23.3. The Kier molecular flexibility index (Phi) is 5.70. The Bertz CT molecular complexity index is 2660. The van der Waals surface area contributed by atoms with E-state index >= 15 is 0 Å². The Morgan fingerprint density at radius 2 is 1.02 bits per heavy atom. The number of pyridine rings is 1. The highest BCUT2D eigenvalue weighted by Crippen LogP contribution is 2.46. The Hall–Kier alpha value is -6.06. The number of aryl methyl sites for hydroxylation is 1. The maximum Gasteiger partial charge on any atom is 0.145 e. The van der Waals surface area contributed by atoms with Gasteiger partial charge < -0.3 is 4.42 Å². The van der Waals surface area contributed by atoms with Crippen molar-refractivity contribution in [3.05, 3.63) is 145 Å². The first-order valence-corrected chi connectivity index (χ1v) is 16.2. The van der Waals surface area contributed by atoms with Crippen molar-refractivity contribution in [2.75, 3.05) is 0 Å². The van der Waals surface area contributed by atoms with Crippen molar-refractivity contribution in [3.63, 3.8) is 0 Å². The van der Waals surface area contributed by atoms with E-state index in [-0.39, 0.29) is 0 Å². The largest absolute Gasteiger partial charge is 0.455 e. The zero-order chi connectivity index (χ0) is 30.9. The lowest BCUT2D eigenvalue weighted by Crippen LogP contribution is -2.00. The third-order valence-corrected chi connectivity index (χ3v) is 9.73. The molecule has 0 atom stereocenters. The first-order valence-electron chi connectivity index (χ1n) is 16.2.